The van der Waals surface area contributed by atoms with Gasteiger partial charge in [-0.15, -0.1) is 0 Å². The molecule has 1 fully saturated rings. The van der Waals surface area contributed by atoms with Crippen molar-refractivity contribution in [3.05, 3.63) is 54.4 Å². The van der Waals surface area contributed by atoms with Crippen LogP contribution in [0.15, 0.2) is 42.9 Å². The lowest BCUT2D eigenvalue weighted by molar-refractivity contribution is -0.0151. The van der Waals surface area contributed by atoms with Crippen LogP contribution in [-0.4, -0.2) is 56.3 Å². The number of anilines is 3. The van der Waals surface area contributed by atoms with Crippen molar-refractivity contribution in [2.45, 2.75) is 25.5 Å². The first-order chi connectivity index (χ1) is 15.9. The van der Waals surface area contributed by atoms with Gasteiger partial charge in [0.25, 0.3) is 5.91 Å². The summed E-state index contributed by atoms with van der Waals surface area (Å²) in [7, 11) is 0. The molecule has 172 valence electrons. The van der Waals surface area contributed by atoms with Gasteiger partial charge in [-0.1, -0.05) is 6.92 Å². The molecule has 0 aromatic carbocycles. The number of rotatable bonds is 6. The fourth-order valence-electron chi connectivity index (χ4n) is 3.79. The molecule has 1 aliphatic rings. The third-order valence-corrected chi connectivity index (χ3v) is 5.47. The average Bonchev–Trinajstić information content (AvgIpc) is 2.81. The molecule has 33 heavy (non-hydrogen) atoms. The van der Waals surface area contributed by atoms with Crippen molar-refractivity contribution in [1.82, 2.24) is 25.3 Å². The first-order valence-electron chi connectivity index (χ1n) is 10.6. The highest BCUT2D eigenvalue weighted by atomic mass is 19.1. The van der Waals surface area contributed by atoms with E-state index in [2.05, 4.69) is 30.6 Å². The summed E-state index contributed by atoms with van der Waals surface area (Å²) < 4.78 is 14.1. The zero-order valence-electron chi connectivity index (χ0n) is 18.1. The van der Waals surface area contributed by atoms with Crippen LogP contribution in [0.3, 0.4) is 0 Å². The molecule has 0 bridgehead atoms. The van der Waals surface area contributed by atoms with Gasteiger partial charge in [-0.25, -0.2) is 19.3 Å². The fourth-order valence-corrected chi connectivity index (χ4v) is 3.79. The molecule has 5 N–H and O–H groups in total. The van der Waals surface area contributed by atoms with E-state index in [4.69, 9.17) is 5.73 Å². The molecular weight excluding hydrogens is 427 g/mol. The lowest BCUT2D eigenvalue weighted by Gasteiger charge is -2.40. The van der Waals surface area contributed by atoms with Crippen LogP contribution in [0.1, 0.15) is 30.3 Å². The molecule has 0 aliphatic carbocycles. The molecule has 0 unspecified atom stereocenters. The van der Waals surface area contributed by atoms with Gasteiger partial charge in [0, 0.05) is 38.3 Å². The van der Waals surface area contributed by atoms with E-state index in [9.17, 15) is 14.3 Å². The number of nitrogen functional groups attached to an aromatic ring is 1. The molecule has 1 saturated heterocycles. The highest BCUT2D eigenvalue weighted by Crippen LogP contribution is 2.29. The summed E-state index contributed by atoms with van der Waals surface area (Å²) in [6.07, 6.45) is 5.31. The van der Waals surface area contributed by atoms with Gasteiger partial charge in [0.1, 0.15) is 17.1 Å². The predicted molar refractivity (Wildman–Crippen MR) is 122 cm³/mol. The van der Waals surface area contributed by atoms with E-state index < -0.39 is 17.4 Å². The van der Waals surface area contributed by atoms with Gasteiger partial charge in [0.05, 0.1) is 11.9 Å². The Kier molecular flexibility index (Phi) is 6.43. The molecule has 0 spiro atoms. The normalized spacial score (nSPS) is 15.3. The van der Waals surface area contributed by atoms with Gasteiger partial charge in [0.2, 0.25) is 0 Å². The number of aromatic nitrogens is 4. The van der Waals surface area contributed by atoms with E-state index in [1.165, 1.54) is 24.5 Å². The first kappa shape index (κ1) is 22.5. The van der Waals surface area contributed by atoms with Gasteiger partial charge in [-0.05, 0) is 30.8 Å². The smallest absolute Gasteiger partial charge is 0.279 e. The number of nitrogens with zero attached hydrogens (tertiary/aromatic N) is 5. The molecule has 1 aliphatic heterocycles. The summed E-state index contributed by atoms with van der Waals surface area (Å²) in [6, 6.07) is 6.32. The predicted octanol–water partition coefficient (Wildman–Crippen LogP) is 1.81. The maximum absolute atomic E-state index is 14.1. The highest BCUT2D eigenvalue weighted by Gasteiger charge is 2.32. The number of carbonyl (C=O) groups excluding carboxylic acids is 1. The van der Waals surface area contributed by atoms with Crippen molar-refractivity contribution in [3.8, 4) is 11.4 Å². The zero-order chi connectivity index (χ0) is 23.4. The van der Waals surface area contributed by atoms with Gasteiger partial charge in [0.15, 0.2) is 23.1 Å². The van der Waals surface area contributed by atoms with E-state index in [0.29, 0.717) is 44.0 Å². The summed E-state index contributed by atoms with van der Waals surface area (Å²) >= 11 is 0. The maximum atomic E-state index is 14.1. The molecule has 4 heterocycles. The number of pyridine rings is 2. The molecule has 3 aromatic rings. The van der Waals surface area contributed by atoms with E-state index in [1.54, 1.807) is 12.3 Å². The largest absolute Gasteiger partial charge is 0.382 e. The van der Waals surface area contributed by atoms with Crippen molar-refractivity contribution < 1.29 is 14.3 Å². The quantitative estimate of drug-likeness (QED) is 0.412. The Bertz CT molecular complexity index is 1150. The van der Waals surface area contributed by atoms with Gasteiger partial charge < -0.3 is 21.1 Å². The van der Waals surface area contributed by atoms with Crippen molar-refractivity contribution in [1.29, 1.82) is 0 Å². The number of hydrogen-bond acceptors (Lipinski definition) is 9. The number of nitrogens with one attached hydrogen (secondary N) is 2. The first-order valence-corrected chi connectivity index (χ1v) is 10.6. The van der Waals surface area contributed by atoms with Crippen molar-refractivity contribution in [3.63, 3.8) is 0 Å². The number of halogens is 1. The van der Waals surface area contributed by atoms with Crippen LogP contribution < -0.4 is 21.3 Å². The Hall–Kier alpha value is -3.70. The summed E-state index contributed by atoms with van der Waals surface area (Å²) in [5.41, 5.74) is 5.60. The van der Waals surface area contributed by atoms with Crippen molar-refractivity contribution in [2.75, 3.05) is 35.6 Å². The van der Waals surface area contributed by atoms with Crippen LogP contribution in [0, 0.1) is 5.82 Å². The Morgan fingerprint density at radius 3 is 2.67 bits per heavy atom. The maximum Gasteiger partial charge on any atom is 0.279 e. The minimum atomic E-state index is -0.901. The van der Waals surface area contributed by atoms with Gasteiger partial charge >= 0.3 is 0 Å². The Balaban J connectivity index is 1.56. The molecule has 4 rings (SSSR count). The van der Waals surface area contributed by atoms with Gasteiger partial charge in [-0.3, -0.25) is 15.1 Å². The van der Waals surface area contributed by atoms with E-state index in [0.717, 1.165) is 0 Å². The molecule has 11 heteroatoms. The van der Waals surface area contributed by atoms with Crippen LogP contribution in [0.2, 0.25) is 0 Å². The number of carbonyl (C=O) groups is 1. The molecule has 10 nitrogen and oxygen atoms in total. The van der Waals surface area contributed by atoms with Crippen LogP contribution in [0.25, 0.3) is 11.4 Å². The van der Waals surface area contributed by atoms with Crippen LogP contribution >= 0.6 is 0 Å². The molecule has 0 atom stereocenters. The molecule has 0 radical (unpaired) electrons. The SMILES string of the molecule is CCNC1(O)CCN(c2cccnc2NC(=O)c2nc(-c3ncccc3F)cnc2N)CC1. The fraction of sp³-hybridized carbons (Fsp3) is 0.318. The standard InChI is InChI=1S/C22H25FN8O2/c1-2-28-22(33)7-11-31(12-8-22)16-6-4-10-26-20(16)30-21(32)18-19(24)27-13-15(29-18)17-14(23)5-3-9-25-17/h3-6,9-10,13,28,33H,2,7-8,11-12H2,1H3,(H2,24,27)(H,26,30,32). The monoisotopic (exact) mass is 452 g/mol. The third-order valence-electron chi connectivity index (χ3n) is 5.47. The van der Waals surface area contributed by atoms with E-state index in [1.807, 2.05) is 17.9 Å². The minimum Gasteiger partial charge on any atom is -0.382 e. The molecular formula is C22H25FN8O2. The van der Waals surface area contributed by atoms with Crippen LogP contribution in [0.4, 0.5) is 21.7 Å². The molecule has 3 aromatic heterocycles. The highest BCUT2D eigenvalue weighted by molar-refractivity contribution is 6.06. The number of piperidine rings is 1. The van der Waals surface area contributed by atoms with Crippen LogP contribution in [0.5, 0.6) is 0 Å². The second-order valence-electron chi connectivity index (χ2n) is 7.70. The summed E-state index contributed by atoms with van der Waals surface area (Å²) in [5.74, 6) is -0.984. The van der Waals surface area contributed by atoms with Crippen molar-refractivity contribution >= 4 is 23.2 Å². The topological polar surface area (TPSA) is 142 Å². The number of amides is 1. The molecule has 0 saturated carbocycles. The van der Waals surface area contributed by atoms with E-state index >= 15 is 0 Å². The van der Waals surface area contributed by atoms with Gasteiger partial charge in [-0.2, -0.15) is 0 Å². The zero-order valence-corrected chi connectivity index (χ0v) is 18.1. The summed E-state index contributed by atoms with van der Waals surface area (Å²) in [6.45, 7) is 3.78. The molecule has 1 amide bonds. The van der Waals surface area contributed by atoms with E-state index in [-0.39, 0.29) is 22.9 Å². The summed E-state index contributed by atoms with van der Waals surface area (Å²) in [4.78, 5) is 31.5. The number of hydrogen-bond donors (Lipinski definition) is 4. The Morgan fingerprint density at radius 2 is 1.94 bits per heavy atom. The third kappa shape index (κ3) is 4.89. The van der Waals surface area contributed by atoms with Crippen molar-refractivity contribution in [2.24, 2.45) is 0 Å². The Labute approximate surface area is 190 Å². The number of aliphatic hydroxyl groups is 1. The minimum absolute atomic E-state index is 0.0286. The Morgan fingerprint density at radius 1 is 1.21 bits per heavy atom. The summed E-state index contributed by atoms with van der Waals surface area (Å²) in [5, 5.41) is 16.4. The average molecular weight is 452 g/mol. The number of nitrogens with two attached hydrogens (primary N) is 1. The second kappa shape index (κ2) is 9.43. The second-order valence-corrected chi connectivity index (χ2v) is 7.70. The van der Waals surface area contributed by atoms with Crippen LogP contribution in [-0.2, 0) is 0 Å². The lowest BCUT2D eigenvalue weighted by Crippen LogP contribution is -2.53. The lowest BCUT2D eigenvalue weighted by atomic mass is 10.00.